The number of halogens is 2. The normalized spacial score (nSPS) is 14.9. The molecule has 0 amide bonds. The Labute approximate surface area is 142 Å². The lowest BCUT2D eigenvalue weighted by Crippen LogP contribution is -2.35. The highest BCUT2D eigenvalue weighted by atomic mass is 35.5. The van der Waals surface area contributed by atoms with Crippen LogP contribution in [0.15, 0.2) is 28.2 Å². The lowest BCUT2D eigenvalue weighted by molar-refractivity contribution is 0.241. The molecule has 0 bridgehead atoms. The van der Waals surface area contributed by atoms with Crippen molar-refractivity contribution in [3.63, 3.8) is 0 Å². The first-order chi connectivity index (χ1) is 10.6. The molecule has 7 heteroatoms. The number of nitrogens with one attached hydrogen (secondary N) is 1. The van der Waals surface area contributed by atoms with Gasteiger partial charge in [0, 0.05) is 36.1 Å². The monoisotopic (exact) mass is 355 g/mol. The highest BCUT2D eigenvalue weighted by Gasteiger charge is 2.21. The van der Waals surface area contributed by atoms with Crippen LogP contribution in [0, 0.1) is 0 Å². The third kappa shape index (κ3) is 3.33. The topological polar surface area (TPSA) is 49.0 Å². The van der Waals surface area contributed by atoms with Gasteiger partial charge in [-0.1, -0.05) is 35.0 Å². The fourth-order valence-corrected chi connectivity index (χ4v) is 3.36. The molecule has 0 unspecified atom stereocenters. The van der Waals surface area contributed by atoms with Gasteiger partial charge in [-0.2, -0.15) is 0 Å². The van der Waals surface area contributed by atoms with Crippen LogP contribution in [0.5, 0.6) is 0 Å². The summed E-state index contributed by atoms with van der Waals surface area (Å²) in [6, 6.07) is 5.45. The van der Waals surface area contributed by atoms with Crippen molar-refractivity contribution in [2.24, 2.45) is 0 Å². The molecule has 22 heavy (non-hydrogen) atoms. The van der Waals surface area contributed by atoms with E-state index in [9.17, 15) is 4.79 Å². The zero-order chi connectivity index (χ0) is 15.7. The molecule has 0 fully saturated rings. The molecule has 1 aromatic heterocycles. The summed E-state index contributed by atoms with van der Waals surface area (Å²) in [6.07, 6.45) is 2.67. The van der Waals surface area contributed by atoms with Crippen LogP contribution in [0.1, 0.15) is 16.8 Å². The lowest BCUT2D eigenvalue weighted by Gasteiger charge is -2.28. The number of aromatic nitrogens is 2. The average Bonchev–Trinajstić information content (AvgIpc) is 2.51. The summed E-state index contributed by atoms with van der Waals surface area (Å²) in [5, 5.41) is 2.04. The van der Waals surface area contributed by atoms with E-state index in [1.54, 1.807) is 12.1 Å². The maximum absolute atomic E-state index is 12.2. The molecule has 0 spiro atoms. The van der Waals surface area contributed by atoms with E-state index in [2.05, 4.69) is 14.9 Å². The maximum atomic E-state index is 12.2. The molecule has 4 nitrogen and oxygen atoms in total. The summed E-state index contributed by atoms with van der Waals surface area (Å²) in [7, 11) is 0. The van der Waals surface area contributed by atoms with E-state index in [4.69, 9.17) is 23.2 Å². The summed E-state index contributed by atoms with van der Waals surface area (Å²) < 4.78 is 0. The van der Waals surface area contributed by atoms with E-state index >= 15 is 0 Å². The van der Waals surface area contributed by atoms with E-state index in [0.29, 0.717) is 28.3 Å². The van der Waals surface area contributed by atoms with Crippen molar-refractivity contribution in [2.45, 2.75) is 24.7 Å². The van der Waals surface area contributed by atoms with Gasteiger partial charge in [0.25, 0.3) is 5.56 Å². The minimum atomic E-state index is -0.0451. The molecule has 0 radical (unpaired) electrons. The average molecular weight is 356 g/mol. The van der Waals surface area contributed by atoms with Gasteiger partial charge >= 0.3 is 0 Å². The summed E-state index contributed by atoms with van der Waals surface area (Å²) in [4.78, 5) is 21.7. The number of nitrogens with zero attached hydrogens (tertiary/aromatic N) is 2. The molecular weight excluding hydrogens is 341 g/mol. The van der Waals surface area contributed by atoms with Crippen molar-refractivity contribution in [1.82, 2.24) is 14.9 Å². The lowest BCUT2D eigenvalue weighted by atomic mass is 10.1. The summed E-state index contributed by atoms with van der Waals surface area (Å²) in [5.41, 5.74) is 2.59. The molecule has 0 aliphatic carbocycles. The van der Waals surface area contributed by atoms with E-state index in [-0.39, 0.29) is 5.56 Å². The van der Waals surface area contributed by atoms with Crippen LogP contribution >= 0.6 is 35.0 Å². The summed E-state index contributed by atoms with van der Waals surface area (Å²) in [6.45, 7) is 2.10. The van der Waals surface area contributed by atoms with Gasteiger partial charge < -0.3 is 4.98 Å². The van der Waals surface area contributed by atoms with Gasteiger partial charge in [-0.25, -0.2) is 4.98 Å². The second kappa shape index (κ2) is 6.62. The molecule has 1 aliphatic rings. The molecule has 1 aromatic carbocycles. The molecule has 2 heterocycles. The molecule has 0 saturated carbocycles. The first kappa shape index (κ1) is 15.9. The van der Waals surface area contributed by atoms with Gasteiger partial charge in [-0.15, -0.1) is 0 Å². The van der Waals surface area contributed by atoms with E-state index in [1.165, 1.54) is 11.8 Å². The van der Waals surface area contributed by atoms with Crippen molar-refractivity contribution in [1.29, 1.82) is 0 Å². The second-order valence-corrected chi connectivity index (χ2v) is 6.84. The first-order valence-corrected chi connectivity index (χ1v) is 8.87. The van der Waals surface area contributed by atoms with Crippen molar-refractivity contribution in [3.05, 3.63) is 55.4 Å². The standard InChI is InChI=1S/C15H15Cl2N3OS/c1-22-15-18-13-4-5-20(8-11(13)14(21)19-15)7-9-6-10(16)2-3-12(9)17/h2-3,6H,4-5,7-8H2,1H3,(H,18,19,21). The van der Waals surface area contributed by atoms with Gasteiger partial charge in [0.2, 0.25) is 0 Å². The Morgan fingerprint density at radius 3 is 3.00 bits per heavy atom. The van der Waals surface area contributed by atoms with Crippen LogP contribution in [0.25, 0.3) is 0 Å². The number of aromatic amines is 1. The van der Waals surface area contributed by atoms with Crippen LogP contribution in [-0.2, 0) is 19.5 Å². The predicted octanol–water partition coefficient (Wildman–Crippen LogP) is 3.36. The van der Waals surface area contributed by atoms with Crippen LogP contribution < -0.4 is 5.56 Å². The van der Waals surface area contributed by atoms with Crippen LogP contribution in [0.3, 0.4) is 0 Å². The van der Waals surface area contributed by atoms with Crippen LogP contribution in [0.2, 0.25) is 10.0 Å². The highest BCUT2D eigenvalue weighted by Crippen LogP contribution is 2.24. The SMILES string of the molecule is CSc1nc2c(c(=O)[nH]1)CN(Cc1cc(Cl)ccc1Cl)CC2. The molecule has 1 N–H and O–H groups in total. The summed E-state index contributed by atoms with van der Waals surface area (Å²) >= 11 is 13.7. The molecule has 0 saturated heterocycles. The van der Waals surface area contributed by atoms with Crippen LogP contribution in [-0.4, -0.2) is 27.7 Å². The maximum Gasteiger partial charge on any atom is 0.256 e. The Balaban J connectivity index is 1.83. The second-order valence-electron chi connectivity index (χ2n) is 5.20. The van der Waals surface area contributed by atoms with E-state index in [1.807, 2.05) is 12.3 Å². The number of fused-ring (bicyclic) bond motifs is 1. The number of hydrogen-bond acceptors (Lipinski definition) is 4. The molecule has 1 aliphatic heterocycles. The zero-order valence-corrected chi connectivity index (χ0v) is 14.4. The van der Waals surface area contributed by atoms with Crippen molar-refractivity contribution >= 4 is 35.0 Å². The Bertz CT molecular complexity index is 763. The minimum Gasteiger partial charge on any atom is -0.301 e. The fourth-order valence-electron chi connectivity index (χ4n) is 2.60. The summed E-state index contributed by atoms with van der Waals surface area (Å²) in [5.74, 6) is 0. The van der Waals surface area contributed by atoms with Gasteiger partial charge in [-0.05, 0) is 30.0 Å². The molecule has 116 valence electrons. The van der Waals surface area contributed by atoms with Crippen molar-refractivity contribution < 1.29 is 0 Å². The fraction of sp³-hybridized carbons (Fsp3) is 0.333. The van der Waals surface area contributed by atoms with Gasteiger partial charge in [0.15, 0.2) is 5.16 Å². The number of benzene rings is 1. The first-order valence-electron chi connectivity index (χ1n) is 6.89. The minimum absolute atomic E-state index is 0.0451. The number of rotatable bonds is 3. The third-order valence-corrected chi connectivity index (χ3v) is 4.90. The Kier molecular flexibility index (Phi) is 4.78. The smallest absolute Gasteiger partial charge is 0.256 e. The van der Waals surface area contributed by atoms with Crippen molar-refractivity contribution in [3.8, 4) is 0 Å². The molecular formula is C15H15Cl2N3OS. The quantitative estimate of drug-likeness (QED) is 0.677. The molecule has 0 atom stereocenters. The predicted molar refractivity (Wildman–Crippen MR) is 90.9 cm³/mol. The molecule has 3 rings (SSSR count). The van der Waals surface area contributed by atoms with Gasteiger partial charge in [-0.3, -0.25) is 9.69 Å². The Morgan fingerprint density at radius 2 is 2.23 bits per heavy atom. The zero-order valence-electron chi connectivity index (χ0n) is 12.0. The van der Waals surface area contributed by atoms with E-state index < -0.39 is 0 Å². The van der Waals surface area contributed by atoms with Crippen molar-refractivity contribution in [2.75, 3.05) is 12.8 Å². The third-order valence-electron chi connectivity index (χ3n) is 3.72. The highest BCUT2D eigenvalue weighted by molar-refractivity contribution is 7.98. The number of thioether (sulfide) groups is 1. The number of H-pyrrole nitrogens is 1. The largest absolute Gasteiger partial charge is 0.301 e. The van der Waals surface area contributed by atoms with E-state index in [0.717, 1.165) is 29.8 Å². The van der Waals surface area contributed by atoms with Crippen LogP contribution in [0.4, 0.5) is 0 Å². The Hall–Kier alpha value is -1.01. The van der Waals surface area contributed by atoms with Gasteiger partial charge in [0.1, 0.15) is 0 Å². The Morgan fingerprint density at radius 1 is 1.41 bits per heavy atom. The van der Waals surface area contributed by atoms with Gasteiger partial charge in [0.05, 0.1) is 11.3 Å². The molecule has 2 aromatic rings. The number of hydrogen-bond donors (Lipinski definition) is 1.